The number of aryl methyl sites for hydroxylation is 1. The van der Waals surface area contributed by atoms with Gasteiger partial charge in [0.05, 0.1) is 22.3 Å². The van der Waals surface area contributed by atoms with E-state index in [1.165, 1.54) is 5.56 Å². The SMILES string of the molecule is NC(=O)c1ccc(NC2CCCc3cccnc32)cc1Cl. The number of anilines is 1. The topological polar surface area (TPSA) is 68.0 Å². The standard InChI is InChI=1S/C16H16ClN3O/c17-13-9-11(6-7-12(13)16(18)21)20-14-5-1-3-10-4-2-8-19-15(10)14/h2,4,6-9,14,20H,1,3,5H2,(H2,18,21). The molecule has 4 nitrogen and oxygen atoms in total. The van der Waals surface area contributed by atoms with E-state index in [0.29, 0.717) is 10.6 Å². The van der Waals surface area contributed by atoms with E-state index < -0.39 is 5.91 Å². The molecule has 0 bridgehead atoms. The van der Waals surface area contributed by atoms with Gasteiger partial charge < -0.3 is 11.1 Å². The van der Waals surface area contributed by atoms with Crippen molar-refractivity contribution in [1.82, 2.24) is 4.98 Å². The summed E-state index contributed by atoms with van der Waals surface area (Å²) in [7, 11) is 0. The number of amides is 1. The highest BCUT2D eigenvalue weighted by Crippen LogP contribution is 2.31. The van der Waals surface area contributed by atoms with Gasteiger partial charge in [-0.3, -0.25) is 9.78 Å². The summed E-state index contributed by atoms with van der Waals surface area (Å²) in [4.78, 5) is 15.7. The van der Waals surface area contributed by atoms with Crippen LogP contribution < -0.4 is 11.1 Å². The number of hydrogen-bond donors (Lipinski definition) is 2. The largest absolute Gasteiger partial charge is 0.377 e. The number of aromatic nitrogens is 1. The van der Waals surface area contributed by atoms with Crippen molar-refractivity contribution in [3.63, 3.8) is 0 Å². The molecule has 3 N–H and O–H groups in total. The van der Waals surface area contributed by atoms with E-state index in [0.717, 1.165) is 30.6 Å². The second-order valence-corrected chi connectivity index (χ2v) is 5.60. The predicted molar refractivity (Wildman–Crippen MR) is 83.5 cm³/mol. The first kappa shape index (κ1) is 13.9. The molecule has 0 fully saturated rings. The normalized spacial score (nSPS) is 17.1. The van der Waals surface area contributed by atoms with Gasteiger partial charge in [-0.25, -0.2) is 0 Å². The molecule has 0 radical (unpaired) electrons. The molecule has 5 heteroatoms. The van der Waals surface area contributed by atoms with Crippen LogP contribution in [-0.4, -0.2) is 10.9 Å². The van der Waals surface area contributed by atoms with Gasteiger partial charge in [0.2, 0.25) is 5.91 Å². The first-order valence-electron chi connectivity index (χ1n) is 6.95. The number of primary amides is 1. The zero-order valence-corrected chi connectivity index (χ0v) is 12.2. The van der Waals surface area contributed by atoms with E-state index in [9.17, 15) is 4.79 Å². The summed E-state index contributed by atoms with van der Waals surface area (Å²) in [6.07, 6.45) is 5.05. The minimum atomic E-state index is -0.517. The van der Waals surface area contributed by atoms with Gasteiger partial charge in [-0.15, -0.1) is 0 Å². The number of carbonyl (C=O) groups excluding carboxylic acids is 1. The van der Waals surface area contributed by atoms with Crippen molar-refractivity contribution in [2.45, 2.75) is 25.3 Å². The molecule has 21 heavy (non-hydrogen) atoms. The van der Waals surface area contributed by atoms with Crippen molar-refractivity contribution in [3.8, 4) is 0 Å². The van der Waals surface area contributed by atoms with Crippen LogP contribution in [0.4, 0.5) is 5.69 Å². The fourth-order valence-corrected chi connectivity index (χ4v) is 3.03. The van der Waals surface area contributed by atoms with Crippen molar-refractivity contribution in [1.29, 1.82) is 0 Å². The van der Waals surface area contributed by atoms with Crippen molar-refractivity contribution in [3.05, 3.63) is 58.4 Å². The predicted octanol–water partition coefficient (Wildman–Crippen LogP) is 3.32. The van der Waals surface area contributed by atoms with Crippen molar-refractivity contribution in [2.24, 2.45) is 5.73 Å². The van der Waals surface area contributed by atoms with Gasteiger partial charge in [0.25, 0.3) is 0 Å². The van der Waals surface area contributed by atoms with E-state index >= 15 is 0 Å². The highest BCUT2D eigenvalue weighted by Gasteiger charge is 2.21. The molecule has 0 saturated carbocycles. The van der Waals surface area contributed by atoms with E-state index in [1.54, 1.807) is 12.1 Å². The summed E-state index contributed by atoms with van der Waals surface area (Å²) >= 11 is 6.09. The highest BCUT2D eigenvalue weighted by atomic mass is 35.5. The van der Waals surface area contributed by atoms with Crippen LogP contribution in [0.3, 0.4) is 0 Å². The summed E-state index contributed by atoms with van der Waals surface area (Å²) in [6, 6.07) is 9.47. The molecule has 0 spiro atoms. The number of carbonyl (C=O) groups is 1. The van der Waals surface area contributed by atoms with E-state index in [2.05, 4.69) is 16.4 Å². The average Bonchev–Trinajstić information content (AvgIpc) is 2.47. The Balaban J connectivity index is 1.85. The summed E-state index contributed by atoms with van der Waals surface area (Å²) < 4.78 is 0. The van der Waals surface area contributed by atoms with Crippen LogP contribution in [0.25, 0.3) is 0 Å². The first-order chi connectivity index (χ1) is 10.1. The van der Waals surface area contributed by atoms with Gasteiger partial charge >= 0.3 is 0 Å². The van der Waals surface area contributed by atoms with Crippen LogP contribution in [0, 0.1) is 0 Å². The lowest BCUT2D eigenvalue weighted by atomic mass is 9.92. The van der Waals surface area contributed by atoms with E-state index in [1.807, 2.05) is 18.3 Å². The van der Waals surface area contributed by atoms with Crippen LogP contribution in [0.5, 0.6) is 0 Å². The molecule has 1 unspecified atom stereocenters. The van der Waals surface area contributed by atoms with Crippen molar-refractivity contribution in [2.75, 3.05) is 5.32 Å². The quantitative estimate of drug-likeness (QED) is 0.914. The molecule has 1 heterocycles. The molecule has 1 aromatic heterocycles. The minimum absolute atomic E-state index is 0.172. The Morgan fingerprint density at radius 2 is 2.24 bits per heavy atom. The van der Waals surface area contributed by atoms with Crippen molar-refractivity contribution >= 4 is 23.2 Å². The molecule has 1 amide bonds. The Labute approximate surface area is 128 Å². The van der Waals surface area contributed by atoms with Crippen LogP contribution in [0.2, 0.25) is 5.02 Å². The maximum absolute atomic E-state index is 11.2. The molecule has 0 saturated heterocycles. The molecular formula is C16H16ClN3O. The Hall–Kier alpha value is -2.07. The number of pyridine rings is 1. The van der Waals surface area contributed by atoms with Gasteiger partial charge in [0, 0.05) is 11.9 Å². The van der Waals surface area contributed by atoms with Gasteiger partial charge in [0.1, 0.15) is 0 Å². The fourth-order valence-electron chi connectivity index (χ4n) is 2.76. The van der Waals surface area contributed by atoms with Gasteiger partial charge in [-0.1, -0.05) is 17.7 Å². The zero-order valence-electron chi connectivity index (χ0n) is 11.5. The van der Waals surface area contributed by atoms with E-state index in [4.69, 9.17) is 17.3 Å². The second kappa shape index (κ2) is 5.74. The number of nitrogens with zero attached hydrogens (tertiary/aromatic N) is 1. The maximum Gasteiger partial charge on any atom is 0.250 e. The Morgan fingerprint density at radius 1 is 1.38 bits per heavy atom. The molecule has 3 rings (SSSR count). The molecule has 108 valence electrons. The number of benzene rings is 1. The Kier molecular flexibility index (Phi) is 3.80. The van der Waals surface area contributed by atoms with Gasteiger partial charge in [0.15, 0.2) is 0 Å². The summed E-state index contributed by atoms with van der Waals surface area (Å²) in [5.74, 6) is -0.517. The smallest absolute Gasteiger partial charge is 0.250 e. The van der Waals surface area contributed by atoms with Crippen LogP contribution in [-0.2, 0) is 6.42 Å². The number of fused-ring (bicyclic) bond motifs is 1. The molecular weight excluding hydrogens is 286 g/mol. The highest BCUT2D eigenvalue weighted by molar-refractivity contribution is 6.34. The lowest BCUT2D eigenvalue weighted by molar-refractivity contribution is 0.100. The number of nitrogens with two attached hydrogens (primary N) is 1. The molecule has 1 aliphatic carbocycles. The lowest BCUT2D eigenvalue weighted by Gasteiger charge is -2.26. The van der Waals surface area contributed by atoms with Crippen LogP contribution >= 0.6 is 11.6 Å². The third kappa shape index (κ3) is 2.85. The molecule has 2 aromatic rings. The maximum atomic E-state index is 11.2. The molecule has 1 aliphatic rings. The van der Waals surface area contributed by atoms with Crippen molar-refractivity contribution < 1.29 is 4.79 Å². The third-order valence-corrected chi connectivity index (χ3v) is 4.08. The molecule has 1 atom stereocenters. The van der Waals surface area contributed by atoms with Crippen LogP contribution in [0.15, 0.2) is 36.5 Å². The monoisotopic (exact) mass is 301 g/mol. The summed E-state index contributed by atoms with van der Waals surface area (Å²) in [5.41, 5.74) is 8.85. The minimum Gasteiger partial charge on any atom is -0.377 e. The van der Waals surface area contributed by atoms with Gasteiger partial charge in [-0.05, 0) is 49.1 Å². The molecule has 0 aliphatic heterocycles. The first-order valence-corrected chi connectivity index (χ1v) is 7.32. The lowest BCUT2D eigenvalue weighted by Crippen LogP contribution is -2.19. The fraction of sp³-hybridized carbons (Fsp3) is 0.250. The zero-order chi connectivity index (χ0) is 14.8. The summed E-state index contributed by atoms with van der Waals surface area (Å²) in [5, 5.41) is 3.81. The Morgan fingerprint density at radius 3 is 3.00 bits per heavy atom. The number of hydrogen-bond acceptors (Lipinski definition) is 3. The summed E-state index contributed by atoms with van der Waals surface area (Å²) in [6.45, 7) is 0. The van der Waals surface area contributed by atoms with Gasteiger partial charge in [-0.2, -0.15) is 0 Å². The number of halogens is 1. The third-order valence-electron chi connectivity index (χ3n) is 3.77. The molecule has 1 aromatic carbocycles. The number of rotatable bonds is 3. The second-order valence-electron chi connectivity index (χ2n) is 5.20. The Bertz CT molecular complexity index is 687. The average molecular weight is 302 g/mol. The number of nitrogens with one attached hydrogen (secondary N) is 1. The van der Waals surface area contributed by atoms with Crippen LogP contribution in [0.1, 0.15) is 40.5 Å². The van der Waals surface area contributed by atoms with E-state index in [-0.39, 0.29) is 6.04 Å².